The van der Waals surface area contributed by atoms with Gasteiger partial charge in [-0.3, -0.25) is 4.79 Å². The van der Waals surface area contributed by atoms with Crippen LogP contribution in [-0.2, 0) is 20.4 Å². The van der Waals surface area contributed by atoms with E-state index in [0.29, 0.717) is 27.8 Å². The third-order valence-electron chi connectivity index (χ3n) is 5.25. The van der Waals surface area contributed by atoms with Crippen LogP contribution in [0.25, 0.3) is 22.2 Å². The molecule has 0 saturated heterocycles. The second-order valence-electron chi connectivity index (χ2n) is 7.49. The highest BCUT2D eigenvalue weighted by atomic mass is 32.2. The number of fused-ring (bicyclic) bond motifs is 2. The van der Waals surface area contributed by atoms with Crippen molar-refractivity contribution in [3.8, 4) is 0 Å². The van der Waals surface area contributed by atoms with Crippen LogP contribution in [0.1, 0.15) is 23.3 Å². The van der Waals surface area contributed by atoms with Crippen molar-refractivity contribution in [1.29, 1.82) is 0 Å². The van der Waals surface area contributed by atoms with Crippen molar-refractivity contribution in [3.05, 3.63) is 90.1 Å². The Balaban J connectivity index is 1.54. The maximum atomic E-state index is 12.9. The van der Waals surface area contributed by atoms with Crippen LogP contribution < -0.4 is 5.32 Å². The van der Waals surface area contributed by atoms with E-state index < -0.39 is 21.7 Å². The molecule has 166 valence electrons. The van der Waals surface area contributed by atoms with Crippen molar-refractivity contribution in [3.63, 3.8) is 0 Å². The number of rotatable bonds is 6. The lowest BCUT2D eigenvalue weighted by atomic mass is 10.1. The van der Waals surface area contributed by atoms with Crippen LogP contribution in [-0.4, -0.2) is 31.3 Å². The van der Waals surface area contributed by atoms with Crippen LogP contribution in [0.5, 0.6) is 0 Å². The third-order valence-corrected chi connectivity index (χ3v) is 6.93. The maximum Gasteiger partial charge on any atom is 0.241 e. The summed E-state index contributed by atoms with van der Waals surface area (Å²) in [7, 11) is -2.10. The second-order valence-corrected chi connectivity index (χ2v) is 9.48. The average Bonchev–Trinajstić information content (AvgIpc) is 3.42. The zero-order valence-electron chi connectivity index (χ0n) is 17.6. The minimum absolute atomic E-state index is 0.0634. The Morgan fingerprint density at radius 1 is 0.879 bits per heavy atom. The number of sulfone groups is 1. The van der Waals surface area contributed by atoms with E-state index >= 15 is 0 Å². The number of amides is 1. The average molecular weight is 461 g/mol. The first kappa shape index (κ1) is 20.9. The smallest absolute Gasteiger partial charge is 0.241 e. The molecule has 9 heteroatoms. The first-order chi connectivity index (χ1) is 15.9. The van der Waals surface area contributed by atoms with Gasteiger partial charge in [-0.15, -0.1) is 0 Å². The molecular formula is C24H19N3O5S. The predicted molar refractivity (Wildman–Crippen MR) is 121 cm³/mol. The van der Waals surface area contributed by atoms with Crippen LogP contribution in [0.15, 0.2) is 86.5 Å². The van der Waals surface area contributed by atoms with Gasteiger partial charge in [-0.1, -0.05) is 42.5 Å². The highest BCUT2D eigenvalue weighted by Crippen LogP contribution is 2.31. The Hall–Kier alpha value is -3.98. The van der Waals surface area contributed by atoms with Crippen molar-refractivity contribution in [2.75, 3.05) is 7.05 Å². The van der Waals surface area contributed by atoms with E-state index in [-0.39, 0.29) is 22.4 Å². The molecule has 2 heterocycles. The van der Waals surface area contributed by atoms with Crippen LogP contribution >= 0.6 is 0 Å². The number of oxazole rings is 2. The van der Waals surface area contributed by atoms with Crippen LogP contribution in [0.2, 0.25) is 0 Å². The number of nitrogens with zero attached hydrogens (tertiary/aromatic N) is 2. The molecule has 0 aliphatic carbocycles. The molecule has 0 spiro atoms. The summed E-state index contributed by atoms with van der Waals surface area (Å²) >= 11 is 0. The molecule has 2 aromatic heterocycles. The van der Waals surface area contributed by atoms with E-state index in [1.165, 1.54) is 25.2 Å². The molecule has 0 aliphatic heterocycles. The van der Waals surface area contributed by atoms with Gasteiger partial charge in [-0.25, -0.2) is 18.4 Å². The van der Waals surface area contributed by atoms with Crippen LogP contribution in [0.3, 0.4) is 0 Å². The number of para-hydroxylation sites is 2. The number of aromatic nitrogens is 2. The zero-order valence-corrected chi connectivity index (χ0v) is 18.4. The molecule has 1 atom stereocenters. The minimum atomic E-state index is -3.60. The molecule has 3 aromatic carbocycles. The number of carbonyl (C=O) groups is 1. The van der Waals surface area contributed by atoms with Gasteiger partial charge in [0.1, 0.15) is 11.0 Å². The molecule has 5 rings (SSSR count). The quantitative estimate of drug-likeness (QED) is 0.409. The molecule has 5 aromatic rings. The van der Waals surface area contributed by atoms with Gasteiger partial charge in [-0.2, -0.15) is 0 Å². The maximum absolute atomic E-state index is 12.9. The Labute approximate surface area is 189 Å². The Morgan fingerprint density at radius 3 is 2.21 bits per heavy atom. The van der Waals surface area contributed by atoms with E-state index in [2.05, 4.69) is 15.3 Å². The Kier molecular flexibility index (Phi) is 5.18. The van der Waals surface area contributed by atoms with Gasteiger partial charge >= 0.3 is 0 Å². The molecule has 0 saturated carbocycles. The summed E-state index contributed by atoms with van der Waals surface area (Å²) in [6.45, 7) is 0. The summed E-state index contributed by atoms with van der Waals surface area (Å²) in [6.07, 6.45) is 0. The van der Waals surface area contributed by atoms with Crippen molar-refractivity contribution in [2.24, 2.45) is 0 Å². The number of nitrogens with one attached hydrogen (secondary N) is 1. The molecular weight excluding hydrogens is 442 g/mol. The van der Waals surface area contributed by atoms with Crippen molar-refractivity contribution in [2.45, 2.75) is 16.6 Å². The van der Waals surface area contributed by atoms with Crippen LogP contribution in [0, 0.1) is 0 Å². The fourth-order valence-corrected chi connectivity index (χ4v) is 4.97. The molecule has 8 nitrogen and oxygen atoms in total. The van der Waals surface area contributed by atoms with Gasteiger partial charge in [0, 0.05) is 7.05 Å². The number of likely N-dealkylation sites (N-methyl/N-ethyl adjacent to an activating group) is 1. The molecule has 0 bridgehead atoms. The lowest BCUT2D eigenvalue weighted by Gasteiger charge is -2.07. The number of hydrogen-bond donors (Lipinski definition) is 1. The van der Waals surface area contributed by atoms with Gasteiger partial charge in [-0.05, 0) is 35.9 Å². The minimum Gasteiger partial charge on any atom is -0.439 e. The van der Waals surface area contributed by atoms with Gasteiger partial charge in [0.05, 0.1) is 10.6 Å². The van der Waals surface area contributed by atoms with Gasteiger partial charge < -0.3 is 14.2 Å². The molecule has 1 unspecified atom stereocenters. The lowest BCUT2D eigenvalue weighted by molar-refractivity contribution is -0.121. The third kappa shape index (κ3) is 3.98. The van der Waals surface area contributed by atoms with Crippen molar-refractivity contribution in [1.82, 2.24) is 15.3 Å². The van der Waals surface area contributed by atoms with Gasteiger partial charge in [0.25, 0.3) is 0 Å². The first-order valence-corrected chi connectivity index (χ1v) is 11.8. The first-order valence-electron chi connectivity index (χ1n) is 10.2. The van der Waals surface area contributed by atoms with Gasteiger partial charge in [0.2, 0.25) is 17.7 Å². The number of benzene rings is 3. The molecule has 0 aliphatic rings. The molecule has 1 amide bonds. The zero-order chi connectivity index (χ0) is 23.0. The molecule has 1 N–H and O–H groups in total. The summed E-state index contributed by atoms with van der Waals surface area (Å²) in [4.78, 5) is 21.6. The molecule has 0 radical (unpaired) electrons. The summed E-state index contributed by atoms with van der Waals surface area (Å²) < 4.78 is 37.4. The summed E-state index contributed by atoms with van der Waals surface area (Å²) in [5.41, 5.74) is 2.51. The van der Waals surface area contributed by atoms with E-state index in [1.54, 1.807) is 36.4 Å². The summed E-state index contributed by atoms with van der Waals surface area (Å²) in [5, 5.41) is 2.58. The normalized spacial score (nSPS) is 12.8. The van der Waals surface area contributed by atoms with Crippen molar-refractivity contribution < 1.29 is 22.0 Å². The monoisotopic (exact) mass is 461 g/mol. The van der Waals surface area contributed by atoms with E-state index in [4.69, 9.17) is 8.83 Å². The SMILES string of the molecule is CNC(=O)C(c1nc2ccccc2o1)c1nc2cc(S(=O)(=O)Cc3ccccc3)ccc2o1. The summed E-state index contributed by atoms with van der Waals surface area (Å²) in [5.74, 6) is -1.37. The largest absolute Gasteiger partial charge is 0.439 e. The number of carbonyl (C=O) groups excluding carboxylic acids is 1. The Morgan fingerprint density at radius 2 is 1.52 bits per heavy atom. The van der Waals surface area contributed by atoms with Crippen LogP contribution in [0.4, 0.5) is 0 Å². The van der Waals surface area contributed by atoms with E-state index in [1.807, 2.05) is 18.2 Å². The predicted octanol–water partition coefficient (Wildman–Crippen LogP) is 3.82. The number of hydrogen-bond acceptors (Lipinski definition) is 7. The van der Waals surface area contributed by atoms with E-state index in [9.17, 15) is 13.2 Å². The fraction of sp³-hybridized carbons (Fsp3) is 0.125. The van der Waals surface area contributed by atoms with E-state index in [0.717, 1.165) is 0 Å². The fourth-order valence-electron chi connectivity index (χ4n) is 3.61. The standard InChI is InChI=1S/C24H19N3O5S/c1-25-22(28)21(23-26-17-9-5-6-10-19(17)31-23)24-27-18-13-16(11-12-20(18)32-24)33(29,30)14-15-7-3-2-4-8-15/h2-13,21H,14H2,1H3,(H,25,28). The lowest BCUT2D eigenvalue weighted by Crippen LogP contribution is -2.27. The second kappa shape index (κ2) is 8.18. The summed E-state index contributed by atoms with van der Waals surface area (Å²) in [6, 6.07) is 20.6. The van der Waals surface area contributed by atoms with Gasteiger partial charge in [0.15, 0.2) is 26.9 Å². The van der Waals surface area contributed by atoms with Crippen molar-refractivity contribution >= 4 is 37.9 Å². The molecule has 0 fully saturated rings. The molecule has 33 heavy (non-hydrogen) atoms. The Bertz CT molecular complexity index is 1540. The highest BCUT2D eigenvalue weighted by Gasteiger charge is 2.32. The topological polar surface area (TPSA) is 115 Å². The highest BCUT2D eigenvalue weighted by molar-refractivity contribution is 7.90.